The number of aliphatic hydroxyl groups is 1. The SMILES string of the molecule is CC(C)Oc1ccc(-c2c[nH]cc2CN(C)CCO)cc1. The Hall–Kier alpha value is -1.78. The van der Waals surface area contributed by atoms with E-state index in [-0.39, 0.29) is 12.7 Å². The lowest BCUT2D eigenvalue weighted by molar-refractivity contribution is 0.217. The molecule has 0 amide bonds. The van der Waals surface area contributed by atoms with Crippen molar-refractivity contribution in [2.45, 2.75) is 26.5 Å². The molecule has 1 aromatic heterocycles. The molecule has 0 fully saturated rings. The Morgan fingerprint density at radius 2 is 1.90 bits per heavy atom. The Kier molecular flexibility index (Phi) is 5.42. The number of nitrogens with zero attached hydrogens (tertiary/aromatic N) is 1. The van der Waals surface area contributed by atoms with Crippen LogP contribution < -0.4 is 4.74 Å². The van der Waals surface area contributed by atoms with Crippen molar-refractivity contribution >= 4 is 0 Å². The zero-order chi connectivity index (χ0) is 15.2. The molecule has 0 atom stereocenters. The van der Waals surface area contributed by atoms with Gasteiger partial charge in [0.15, 0.2) is 0 Å². The summed E-state index contributed by atoms with van der Waals surface area (Å²) in [6, 6.07) is 8.17. The highest BCUT2D eigenvalue weighted by atomic mass is 16.5. The molecule has 0 spiro atoms. The predicted octanol–water partition coefficient (Wildman–Crippen LogP) is 2.89. The molecule has 0 bridgehead atoms. The van der Waals surface area contributed by atoms with Crippen LogP contribution in [0, 0.1) is 0 Å². The van der Waals surface area contributed by atoms with Gasteiger partial charge >= 0.3 is 0 Å². The normalized spacial score (nSPS) is 11.3. The second-order valence-electron chi connectivity index (χ2n) is 5.55. The van der Waals surface area contributed by atoms with Crippen LogP contribution in [0.5, 0.6) is 5.75 Å². The Morgan fingerprint density at radius 1 is 1.19 bits per heavy atom. The smallest absolute Gasteiger partial charge is 0.119 e. The topological polar surface area (TPSA) is 48.5 Å². The van der Waals surface area contributed by atoms with Crippen molar-refractivity contribution < 1.29 is 9.84 Å². The molecule has 4 heteroatoms. The largest absolute Gasteiger partial charge is 0.491 e. The fraction of sp³-hybridized carbons (Fsp3) is 0.412. The van der Waals surface area contributed by atoms with E-state index in [1.165, 1.54) is 16.7 Å². The highest BCUT2D eigenvalue weighted by Crippen LogP contribution is 2.26. The van der Waals surface area contributed by atoms with Crippen molar-refractivity contribution in [3.63, 3.8) is 0 Å². The number of hydrogen-bond acceptors (Lipinski definition) is 3. The van der Waals surface area contributed by atoms with Gasteiger partial charge < -0.3 is 14.8 Å². The summed E-state index contributed by atoms with van der Waals surface area (Å²) in [5.74, 6) is 0.892. The summed E-state index contributed by atoms with van der Waals surface area (Å²) in [4.78, 5) is 5.27. The van der Waals surface area contributed by atoms with Crippen molar-refractivity contribution in [1.82, 2.24) is 9.88 Å². The maximum absolute atomic E-state index is 8.99. The number of aliphatic hydroxyl groups excluding tert-OH is 1. The molecule has 114 valence electrons. The van der Waals surface area contributed by atoms with Gasteiger partial charge in [-0.1, -0.05) is 12.1 Å². The number of H-pyrrole nitrogens is 1. The van der Waals surface area contributed by atoms with Gasteiger partial charge in [0.2, 0.25) is 0 Å². The molecule has 0 unspecified atom stereocenters. The number of hydrogen-bond donors (Lipinski definition) is 2. The molecule has 2 aromatic rings. The first-order valence-corrected chi connectivity index (χ1v) is 7.32. The van der Waals surface area contributed by atoms with E-state index in [0.29, 0.717) is 6.54 Å². The summed E-state index contributed by atoms with van der Waals surface area (Å²) in [7, 11) is 2.01. The zero-order valence-electron chi connectivity index (χ0n) is 13.0. The monoisotopic (exact) mass is 288 g/mol. The van der Waals surface area contributed by atoms with Crippen LogP contribution in [0.15, 0.2) is 36.7 Å². The average Bonchev–Trinajstić information content (AvgIpc) is 2.87. The summed E-state index contributed by atoms with van der Waals surface area (Å²) in [5.41, 5.74) is 3.58. The van der Waals surface area contributed by atoms with Crippen LogP contribution in [0.4, 0.5) is 0 Å². The van der Waals surface area contributed by atoms with E-state index < -0.39 is 0 Å². The standard InChI is InChI=1S/C17H24N2O2/c1-13(2)21-16-6-4-14(5-7-16)17-11-18-10-15(17)12-19(3)8-9-20/h4-7,10-11,13,18,20H,8-9,12H2,1-3H3. The third kappa shape index (κ3) is 4.34. The number of ether oxygens (including phenoxy) is 1. The summed E-state index contributed by atoms with van der Waals surface area (Å²) < 4.78 is 5.67. The van der Waals surface area contributed by atoms with Crippen LogP contribution >= 0.6 is 0 Å². The van der Waals surface area contributed by atoms with Crippen molar-refractivity contribution in [3.05, 3.63) is 42.2 Å². The van der Waals surface area contributed by atoms with Gasteiger partial charge in [-0.3, -0.25) is 4.90 Å². The minimum atomic E-state index is 0.178. The Labute approximate surface area is 126 Å². The minimum absolute atomic E-state index is 0.178. The average molecular weight is 288 g/mol. The summed E-state index contributed by atoms with van der Waals surface area (Å²) in [6.45, 7) is 5.71. The second-order valence-corrected chi connectivity index (χ2v) is 5.55. The van der Waals surface area contributed by atoms with Crippen molar-refractivity contribution in [1.29, 1.82) is 0 Å². The summed E-state index contributed by atoms with van der Waals surface area (Å²) in [5, 5.41) is 8.99. The number of aromatic nitrogens is 1. The van der Waals surface area contributed by atoms with E-state index in [1.54, 1.807) is 0 Å². The number of rotatable bonds is 7. The summed E-state index contributed by atoms with van der Waals surface area (Å²) >= 11 is 0. The molecule has 1 heterocycles. The number of benzene rings is 1. The first kappa shape index (κ1) is 15.6. The van der Waals surface area contributed by atoms with E-state index in [2.05, 4.69) is 22.0 Å². The molecule has 2 N–H and O–H groups in total. The number of aromatic amines is 1. The van der Waals surface area contributed by atoms with Crippen LogP contribution in [0.3, 0.4) is 0 Å². The Bertz CT molecular complexity index is 546. The molecule has 0 saturated heterocycles. The molecule has 1 aromatic carbocycles. The van der Waals surface area contributed by atoms with Crippen LogP contribution in [0.25, 0.3) is 11.1 Å². The van der Waals surface area contributed by atoms with E-state index in [4.69, 9.17) is 9.84 Å². The highest BCUT2D eigenvalue weighted by Gasteiger charge is 2.09. The van der Waals surface area contributed by atoms with Crippen molar-refractivity contribution in [3.8, 4) is 16.9 Å². The van der Waals surface area contributed by atoms with E-state index in [1.807, 2.05) is 45.4 Å². The third-order valence-corrected chi connectivity index (χ3v) is 3.29. The fourth-order valence-corrected chi connectivity index (χ4v) is 2.32. The summed E-state index contributed by atoms with van der Waals surface area (Å²) in [6.07, 6.45) is 4.22. The van der Waals surface area contributed by atoms with Gasteiger partial charge in [0.1, 0.15) is 5.75 Å². The molecule has 4 nitrogen and oxygen atoms in total. The first-order chi connectivity index (χ1) is 10.1. The second kappa shape index (κ2) is 7.29. The van der Waals surface area contributed by atoms with Crippen molar-refractivity contribution in [2.24, 2.45) is 0 Å². The number of likely N-dealkylation sites (N-methyl/N-ethyl adjacent to an activating group) is 1. The maximum Gasteiger partial charge on any atom is 0.119 e. The van der Waals surface area contributed by atoms with E-state index in [0.717, 1.165) is 12.3 Å². The van der Waals surface area contributed by atoms with Gasteiger partial charge in [0.25, 0.3) is 0 Å². The van der Waals surface area contributed by atoms with Crippen molar-refractivity contribution in [2.75, 3.05) is 20.2 Å². The van der Waals surface area contributed by atoms with Gasteiger partial charge in [0, 0.05) is 31.0 Å². The number of nitrogens with one attached hydrogen (secondary N) is 1. The first-order valence-electron chi connectivity index (χ1n) is 7.32. The van der Waals surface area contributed by atoms with Crippen LogP contribution in [-0.2, 0) is 6.54 Å². The lowest BCUT2D eigenvalue weighted by Crippen LogP contribution is -2.21. The quantitative estimate of drug-likeness (QED) is 0.823. The molecule has 0 aliphatic heterocycles. The van der Waals surface area contributed by atoms with Gasteiger partial charge in [0.05, 0.1) is 12.7 Å². The maximum atomic E-state index is 8.99. The molecular weight excluding hydrogens is 264 g/mol. The molecule has 0 aliphatic rings. The Morgan fingerprint density at radius 3 is 2.52 bits per heavy atom. The third-order valence-electron chi connectivity index (χ3n) is 3.29. The molecule has 0 aliphatic carbocycles. The van der Waals surface area contributed by atoms with E-state index in [9.17, 15) is 0 Å². The van der Waals surface area contributed by atoms with E-state index >= 15 is 0 Å². The van der Waals surface area contributed by atoms with Gasteiger partial charge in [-0.2, -0.15) is 0 Å². The van der Waals surface area contributed by atoms with Gasteiger partial charge in [-0.25, -0.2) is 0 Å². The lowest BCUT2D eigenvalue weighted by Gasteiger charge is -2.15. The molecule has 2 rings (SSSR count). The van der Waals surface area contributed by atoms with Crippen LogP contribution in [0.2, 0.25) is 0 Å². The molecular formula is C17H24N2O2. The molecule has 0 saturated carbocycles. The lowest BCUT2D eigenvalue weighted by atomic mass is 10.0. The minimum Gasteiger partial charge on any atom is -0.491 e. The van der Waals surface area contributed by atoms with Gasteiger partial charge in [-0.05, 0) is 44.2 Å². The van der Waals surface area contributed by atoms with Crippen LogP contribution in [0.1, 0.15) is 19.4 Å². The zero-order valence-corrected chi connectivity index (χ0v) is 13.0. The Balaban J connectivity index is 2.13. The molecule has 0 radical (unpaired) electrons. The fourth-order valence-electron chi connectivity index (χ4n) is 2.32. The molecule has 21 heavy (non-hydrogen) atoms. The highest BCUT2D eigenvalue weighted by molar-refractivity contribution is 5.67. The predicted molar refractivity (Wildman–Crippen MR) is 85.4 cm³/mol. The van der Waals surface area contributed by atoms with Gasteiger partial charge in [-0.15, -0.1) is 0 Å². The van der Waals surface area contributed by atoms with Crippen LogP contribution in [-0.4, -0.2) is 41.3 Å².